The smallest absolute Gasteiger partial charge is 0.410 e. The molecule has 3 aromatic rings. The van der Waals surface area contributed by atoms with Crippen molar-refractivity contribution >= 4 is 17.7 Å². The van der Waals surface area contributed by atoms with E-state index < -0.39 is 0 Å². The molecule has 0 aromatic heterocycles. The molecule has 0 aliphatic carbocycles. The molecule has 1 saturated heterocycles. The van der Waals surface area contributed by atoms with Gasteiger partial charge in [-0.05, 0) is 107 Å². The number of likely N-dealkylation sites (tertiary alicyclic amines) is 1. The molecule has 45 heavy (non-hydrogen) atoms. The fourth-order valence-corrected chi connectivity index (χ4v) is 6.09. The van der Waals surface area contributed by atoms with Gasteiger partial charge < -0.3 is 24.8 Å². The predicted octanol–water partition coefficient (Wildman–Crippen LogP) is 6.70. The summed E-state index contributed by atoms with van der Waals surface area (Å²) in [6, 6.07) is 24.1. The molecule has 2 amide bonds. The number of nitrogens with zero attached hydrogens (tertiary/aromatic N) is 4. The number of carbonyl (C=O) groups is 2. The highest BCUT2D eigenvalue weighted by molar-refractivity contribution is 5.97. The highest BCUT2D eigenvalue weighted by atomic mass is 16.6. The van der Waals surface area contributed by atoms with Gasteiger partial charge >= 0.3 is 6.09 Å². The molecule has 1 fully saturated rings. The summed E-state index contributed by atoms with van der Waals surface area (Å²) in [5.41, 5.74) is 5.57. The largest absolute Gasteiger partial charge is 0.415 e. The van der Waals surface area contributed by atoms with E-state index in [9.17, 15) is 14.9 Å². The summed E-state index contributed by atoms with van der Waals surface area (Å²) >= 11 is 0. The fraction of sp³-hybridized carbons (Fsp3) is 0.432. The van der Waals surface area contributed by atoms with Gasteiger partial charge in [0.05, 0.1) is 11.6 Å². The number of aryl methyl sites for hydroxylation is 2. The van der Waals surface area contributed by atoms with Crippen LogP contribution in [0.1, 0.15) is 72.6 Å². The van der Waals surface area contributed by atoms with Crippen molar-refractivity contribution in [2.75, 3.05) is 37.6 Å². The number of nitriles is 1. The van der Waals surface area contributed by atoms with Crippen molar-refractivity contribution in [3.05, 3.63) is 94.5 Å². The highest BCUT2D eigenvalue weighted by Crippen LogP contribution is 2.28. The van der Waals surface area contributed by atoms with E-state index in [2.05, 4.69) is 34.2 Å². The van der Waals surface area contributed by atoms with Gasteiger partial charge in [0.1, 0.15) is 5.75 Å². The highest BCUT2D eigenvalue weighted by Gasteiger charge is 2.26. The normalized spacial score (nSPS) is 14.3. The monoisotopic (exact) mass is 609 g/mol. The number of rotatable bonds is 12. The van der Waals surface area contributed by atoms with Crippen LogP contribution in [-0.2, 0) is 6.54 Å². The summed E-state index contributed by atoms with van der Waals surface area (Å²) in [6.07, 6.45) is 2.55. The minimum absolute atomic E-state index is 0.00163. The first-order valence-corrected chi connectivity index (χ1v) is 16.1. The van der Waals surface area contributed by atoms with E-state index in [1.807, 2.05) is 88.4 Å². The van der Waals surface area contributed by atoms with Crippen LogP contribution in [0.3, 0.4) is 0 Å². The van der Waals surface area contributed by atoms with Gasteiger partial charge in [0.15, 0.2) is 0 Å². The Morgan fingerprint density at radius 1 is 1.00 bits per heavy atom. The molecule has 1 atom stereocenters. The van der Waals surface area contributed by atoms with Gasteiger partial charge in [-0.3, -0.25) is 4.79 Å². The van der Waals surface area contributed by atoms with Gasteiger partial charge in [-0.25, -0.2) is 4.79 Å². The van der Waals surface area contributed by atoms with Crippen LogP contribution in [0.5, 0.6) is 5.75 Å². The molecule has 3 aromatic carbocycles. The van der Waals surface area contributed by atoms with E-state index in [1.165, 1.54) is 0 Å². The molecule has 238 valence electrons. The number of nitrogens with one attached hydrogen (secondary N) is 1. The van der Waals surface area contributed by atoms with Crippen LogP contribution in [0.25, 0.3) is 0 Å². The van der Waals surface area contributed by atoms with Gasteiger partial charge in [0.2, 0.25) is 0 Å². The molecule has 8 nitrogen and oxygen atoms in total. The van der Waals surface area contributed by atoms with E-state index in [0.29, 0.717) is 37.0 Å². The molecule has 1 unspecified atom stereocenters. The number of hydrogen-bond donors (Lipinski definition) is 1. The first-order valence-electron chi connectivity index (χ1n) is 16.1. The molecule has 4 rings (SSSR count). The summed E-state index contributed by atoms with van der Waals surface area (Å²) < 4.78 is 5.61. The zero-order chi connectivity index (χ0) is 32.3. The first kappa shape index (κ1) is 33.5. The third-order valence-corrected chi connectivity index (χ3v) is 8.77. The van der Waals surface area contributed by atoms with Crippen molar-refractivity contribution in [3.63, 3.8) is 0 Å². The number of ether oxygens (including phenoxy) is 1. The lowest BCUT2D eigenvalue weighted by molar-refractivity contribution is 0.0932. The number of amides is 2. The lowest BCUT2D eigenvalue weighted by Crippen LogP contribution is -2.46. The van der Waals surface area contributed by atoms with Crippen LogP contribution in [0, 0.1) is 25.2 Å². The Hall–Kier alpha value is -4.35. The topological polar surface area (TPSA) is 88.9 Å². The van der Waals surface area contributed by atoms with E-state index in [4.69, 9.17) is 4.74 Å². The molecular weight excluding hydrogens is 562 g/mol. The number of hydrogen-bond acceptors (Lipinski definition) is 6. The van der Waals surface area contributed by atoms with E-state index in [0.717, 1.165) is 66.8 Å². The van der Waals surface area contributed by atoms with Crippen LogP contribution in [0.15, 0.2) is 66.7 Å². The molecular formula is C37H47N5O3. The van der Waals surface area contributed by atoms with Gasteiger partial charge in [-0.15, -0.1) is 0 Å². The SMILES string of the molecule is CCN(CC)C(=O)Oc1ccc(N(Cc2cccc(C#N)c2)C2CCN(CCC(C)NC(=O)c3c(C)cccc3C)CC2)cc1. The number of carbonyl (C=O) groups excluding carboxylic acids is 2. The average Bonchev–Trinajstić information content (AvgIpc) is 3.04. The summed E-state index contributed by atoms with van der Waals surface area (Å²) in [5.74, 6) is 0.525. The van der Waals surface area contributed by atoms with E-state index in [-0.39, 0.29) is 18.0 Å². The first-order chi connectivity index (χ1) is 21.7. The van der Waals surface area contributed by atoms with E-state index >= 15 is 0 Å². The zero-order valence-corrected chi connectivity index (χ0v) is 27.4. The Kier molecular flexibility index (Phi) is 12.0. The molecule has 0 saturated carbocycles. The quantitative estimate of drug-likeness (QED) is 0.246. The summed E-state index contributed by atoms with van der Waals surface area (Å²) in [4.78, 5) is 32.0. The van der Waals surface area contributed by atoms with E-state index in [1.54, 1.807) is 4.90 Å². The zero-order valence-electron chi connectivity index (χ0n) is 27.4. The maximum absolute atomic E-state index is 12.9. The van der Waals surface area contributed by atoms with Gasteiger partial charge in [-0.2, -0.15) is 5.26 Å². The molecule has 0 radical (unpaired) electrons. The molecule has 0 bridgehead atoms. The average molecular weight is 610 g/mol. The Morgan fingerprint density at radius 2 is 1.64 bits per heavy atom. The van der Waals surface area contributed by atoms with Crippen LogP contribution < -0.4 is 15.0 Å². The molecule has 1 aliphatic rings. The minimum atomic E-state index is -0.343. The molecule has 1 N–H and O–H groups in total. The fourth-order valence-electron chi connectivity index (χ4n) is 6.09. The summed E-state index contributed by atoms with van der Waals surface area (Å²) in [5, 5.41) is 12.7. The second-order valence-electron chi connectivity index (χ2n) is 12.0. The maximum Gasteiger partial charge on any atom is 0.415 e. The molecule has 8 heteroatoms. The Bertz CT molecular complexity index is 1450. The molecule has 1 aliphatic heterocycles. The summed E-state index contributed by atoms with van der Waals surface area (Å²) in [7, 11) is 0. The number of anilines is 1. The Balaban J connectivity index is 1.38. The number of piperidine rings is 1. The Labute approximate surface area is 268 Å². The third kappa shape index (κ3) is 9.09. The standard InChI is InChI=1S/C37H47N5O3/c1-6-41(7-2)37(44)45-34-16-14-32(15-17-34)42(26-31-13-9-12-30(24-31)25-38)33-19-22-40(23-20-33)21-18-29(5)39-36(43)35-27(3)10-8-11-28(35)4/h8-17,24,29,33H,6-7,18-23,26H2,1-5H3,(H,39,43). The van der Waals surface area contributed by atoms with Gasteiger partial charge in [0.25, 0.3) is 5.91 Å². The van der Waals surface area contributed by atoms with Crippen molar-refractivity contribution in [2.24, 2.45) is 0 Å². The van der Waals surface area contributed by atoms with Crippen molar-refractivity contribution in [1.29, 1.82) is 5.26 Å². The van der Waals surface area contributed by atoms with Crippen molar-refractivity contribution in [1.82, 2.24) is 15.1 Å². The van der Waals surface area contributed by atoms with Crippen LogP contribution in [0.4, 0.5) is 10.5 Å². The third-order valence-electron chi connectivity index (χ3n) is 8.77. The second-order valence-corrected chi connectivity index (χ2v) is 12.0. The maximum atomic E-state index is 12.9. The molecule has 1 heterocycles. The van der Waals surface area contributed by atoms with Gasteiger partial charge in [0, 0.05) is 62.6 Å². The van der Waals surface area contributed by atoms with Crippen LogP contribution >= 0.6 is 0 Å². The van der Waals surface area contributed by atoms with Crippen molar-refractivity contribution in [2.45, 2.75) is 72.5 Å². The predicted molar refractivity (Wildman–Crippen MR) is 180 cm³/mol. The van der Waals surface area contributed by atoms with Crippen molar-refractivity contribution in [3.8, 4) is 11.8 Å². The summed E-state index contributed by atoms with van der Waals surface area (Å²) in [6.45, 7) is 14.7. The number of benzene rings is 3. The second kappa shape index (κ2) is 16.1. The van der Waals surface area contributed by atoms with Gasteiger partial charge in [-0.1, -0.05) is 30.3 Å². The minimum Gasteiger partial charge on any atom is -0.410 e. The van der Waals surface area contributed by atoms with Crippen LogP contribution in [0.2, 0.25) is 0 Å². The lowest BCUT2D eigenvalue weighted by Gasteiger charge is -2.40. The van der Waals surface area contributed by atoms with Crippen molar-refractivity contribution < 1.29 is 14.3 Å². The lowest BCUT2D eigenvalue weighted by atomic mass is 10.00. The van der Waals surface area contributed by atoms with Crippen LogP contribution in [-0.4, -0.2) is 66.6 Å². The molecule has 0 spiro atoms. The Morgan fingerprint density at radius 3 is 2.27 bits per heavy atom.